The van der Waals surface area contributed by atoms with Gasteiger partial charge in [0.05, 0.1) is 10.8 Å². The van der Waals surface area contributed by atoms with E-state index in [1.807, 2.05) is 0 Å². The number of hydrogen-bond donors (Lipinski definition) is 2. The largest absolute Gasteiger partial charge is 0.318 e. The van der Waals surface area contributed by atoms with Crippen LogP contribution in [0.3, 0.4) is 0 Å². The molecule has 2 N–H and O–H groups in total. The van der Waals surface area contributed by atoms with Crippen molar-refractivity contribution in [3.05, 3.63) is 46.5 Å². The van der Waals surface area contributed by atoms with Gasteiger partial charge in [0.15, 0.2) is 0 Å². The number of benzene rings is 1. The van der Waals surface area contributed by atoms with Crippen LogP contribution in [0, 0.1) is 16.0 Å². The molecule has 0 aliphatic carbocycles. The maximum Gasteiger partial charge on any atom is 0.269 e. The number of hydrazine groups is 1. The number of amides is 2. The summed E-state index contributed by atoms with van der Waals surface area (Å²) in [6.07, 6.45) is 3.52. The minimum Gasteiger partial charge on any atom is -0.318 e. The van der Waals surface area contributed by atoms with E-state index in [9.17, 15) is 19.7 Å². The summed E-state index contributed by atoms with van der Waals surface area (Å²) in [5.41, 5.74) is 3.62. The number of nitro groups is 1. The average Bonchev–Trinajstić information content (AvgIpc) is 2.76. The minimum atomic E-state index is -0.599. The van der Waals surface area contributed by atoms with Crippen LogP contribution in [-0.4, -0.2) is 34.3 Å². The van der Waals surface area contributed by atoms with Crippen molar-refractivity contribution >= 4 is 23.2 Å². The Morgan fingerprint density at radius 3 is 2.62 bits per heavy atom. The second kappa shape index (κ2) is 4.98. The van der Waals surface area contributed by atoms with E-state index >= 15 is 0 Å². The third kappa shape index (κ3) is 2.36. The number of nitrogens with zero attached hydrogens (tertiary/aromatic N) is 2. The Morgan fingerprint density at radius 1 is 1.24 bits per heavy atom. The molecule has 8 heteroatoms. The summed E-state index contributed by atoms with van der Waals surface area (Å²) in [5, 5.41) is 14.5. The Morgan fingerprint density at radius 2 is 1.95 bits per heavy atom. The third-order valence-corrected chi connectivity index (χ3v) is 3.49. The minimum absolute atomic E-state index is 0.00856. The van der Waals surface area contributed by atoms with Crippen molar-refractivity contribution < 1.29 is 14.5 Å². The van der Waals surface area contributed by atoms with Crippen molar-refractivity contribution in [2.75, 3.05) is 12.0 Å². The molecule has 1 aromatic rings. The molecule has 0 bridgehead atoms. The molecule has 2 unspecified atom stereocenters. The predicted octanol–water partition coefficient (Wildman–Crippen LogP) is 0.435. The highest BCUT2D eigenvalue weighted by Crippen LogP contribution is 2.25. The van der Waals surface area contributed by atoms with E-state index in [0.717, 1.165) is 0 Å². The molecule has 0 radical (unpaired) electrons. The van der Waals surface area contributed by atoms with Gasteiger partial charge in [-0.2, -0.15) is 0 Å². The van der Waals surface area contributed by atoms with Crippen molar-refractivity contribution in [2.24, 2.45) is 5.92 Å². The van der Waals surface area contributed by atoms with Crippen molar-refractivity contribution in [3.8, 4) is 0 Å². The molecule has 0 aromatic heterocycles. The van der Waals surface area contributed by atoms with Gasteiger partial charge >= 0.3 is 0 Å². The number of carbonyl (C=O) groups excluding carboxylic acids is 2. The van der Waals surface area contributed by atoms with Gasteiger partial charge in [0.25, 0.3) is 5.69 Å². The molecular weight excluding hydrogens is 276 g/mol. The molecule has 0 spiro atoms. The van der Waals surface area contributed by atoms with Crippen LogP contribution in [0.2, 0.25) is 0 Å². The Kier molecular flexibility index (Phi) is 3.15. The first-order chi connectivity index (χ1) is 10.1. The van der Waals surface area contributed by atoms with E-state index in [1.165, 1.54) is 12.1 Å². The van der Waals surface area contributed by atoms with Crippen molar-refractivity contribution in [1.82, 2.24) is 10.3 Å². The fourth-order valence-corrected chi connectivity index (χ4v) is 2.49. The summed E-state index contributed by atoms with van der Waals surface area (Å²) >= 11 is 0. The van der Waals surface area contributed by atoms with Gasteiger partial charge in [-0.3, -0.25) is 25.0 Å². The monoisotopic (exact) mass is 288 g/mol. The molecule has 21 heavy (non-hydrogen) atoms. The van der Waals surface area contributed by atoms with Crippen LogP contribution in [-0.2, 0) is 9.59 Å². The normalized spacial score (nSPS) is 24.6. The van der Waals surface area contributed by atoms with Crippen molar-refractivity contribution in [1.29, 1.82) is 0 Å². The quantitative estimate of drug-likeness (QED) is 0.362. The molecule has 3 rings (SSSR count). The van der Waals surface area contributed by atoms with Crippen LogP contribution in [0.25, 0.3) is 0 Å². The van der Waals surface area contributed by atoms with E-state index < -0.39 is 16.9 Å². The number of rotatable bonds is 3. The fraction of sp³-hybridized carbons (Fsp3) is 0.231. The van der Waals surface area contributed by atoms with E-state index in [2.05, 4.69) is 10.7 Å². The molecule has 2 aliphatic rings. The van der Waals surface area contributed by atoms with Crippen LogP contribution in [0.4, 0.5) is 11.4 Å². The highest BCUT2D eigenvalue weighted by Gasteiger charge is 2.45. The number of nitrogens with one attached hydrogen (secondary N) is 2. The molecule has 1 aromatic carbocycles. The van der Waals surface area contributed by atoms with Gasteiger partial charge < -0.3 is 5.43 Å². The van der Waals surface area contributed by atoms with E-state index in [1.54, 1.807) is 29.3 Å². The molecule has 2 aliphatic heterocycles. The topological polar surface area (TPSA) is 105 Å². The Bertz CT molecular complexity index is 640. The first-order valence-electron chi connectivity index (χ1n) is 6.35. The molecule has 1 fully saturated rings. The number of anilines is 1. The lowest BCUT2D eigenvalue weighted by Crippen LogP contribution is -2.48. The van der Waals surface area contributed by atoms with E-state index in [0.29, 0.717) is 12.2 Å². The highest BCUT2D eigenvalue weighted by molar-refractivity contribution is 6.08. The van der Waals surface area contributed by atoms with Crippen LogP contribution in [0.15, 0.2) is 36.4 Å². The summed E-state index contributed by atoms with van der Waals surface area (Å²) in [7, 11) is 0. The molecular formula is C13H12N4O4. The van der Waals surface area contributed by atoms with Gasteiger partial charge in [0.1, 0.15) is 6.04 Å². The second-order valence-corrected chi connectivity index (χ2v) is 4.82. The van der Waals surface area contributed by atoms with Crippen molar-refractivity contribution in [2.45, 2.75) is 6.04 Å². The number of nitro benzene ring substituents is 1. The van der Waals surface area contributed by atoms with E-state index in [-0.39, 0.29) is 17.5 Å². The number of non-ortho nitro benzene ring substituents is 1. The summed E-state index contributed by atoms with van der Waals surface area (Å²) in [5.74, 6) is -1.16. The standard InChI is InChI=1S/C13H12N4O4/c18-12-10-2-1-7-16(11(10)13(19)14-12)15-8-3-5-9(6-4-8)17(20)21/h1-6,10-11,15H,7H2,(H,14,18,19). The lowest BCUT2D eigenvalue weighted by molar-refractivity contribution is -0.384. The highest BCUT2D eigenvalue weighted by atomic mass is 16.6. The zero-order valence-corrected chi connectivity index (χ0v) is 10.9. The first kappa shape index (κ1) is 13.3. The number of imide groups is 1. The maximum atomic E-state index is 11.8. The predicted molar refractivity (Wildman–Crippen MR) is 73.0 cm³/mol. The molecule has 2 heterocycles. The van der Waals surface area contributed by atoms with E-state index in [4.69, 9.17) is 0 Å². The van der Waals surface area contributed by atoms with Gasteiger partial charge in [-0.15, -0.1) is 0 Å². The Balaban J connectivity index is 1.78. The lowest BCUT2D eigenvalue weighted by Gasteiger charge is -2.32. The lowest BCUT2D eigenvalue weighted by atomic mass is 9.98. The SMILES string of the molecule is O=C1NC(=O)C2C1C=CCN2Nc1ccc([N+](=O)[O-])cc1. The van der Waals surface area contributed by atoms with Crippen LogP contribution < -0.4 is 10.7 Å². The maximum absolute atomic E-state index is 11.8. The third-order valence-electron chi connectivity index (χ3n) is 3.49. The number of fused-ring (bicyclic) bond motifs is 1. The summed E-state index contributed by atoms with van der Waals surface area (Å²) in [6, 6.07) is 5.26. The molecule has 2 amide bonds. The molecule has 8 nitrogen and oxygen atoms in total. The molecule has 2 atom stereocenters. The summed E-state index contributed by atoms with van der Waals surface area (Å²) in [4.78, 5) is 33.6. The zero-order valence-electron chi connectivity index (χ0n) is 10.9. The molecule has 1 saturated heterocycles. The Labute approximate surface area is 119 Å². The van der Waals surface area contributed by atoms with Crippen LogP contribution >= 0.6 is 0 Å². The smallest absolute Gasteiger partial charge is 0.269 e. The summed E-state index contributed by atoms with van der Waals surface area (Å²) < 4.78 is 0. The molecule has 108 valence electrons. The fourth-order valence-electron chi connectivity index (χ4n) is 2.49. The second-order valence-electron chi connectivity index (χ2n) is 4.82. The zero-order chi connectivity index (χ0) is 15.0. The van der Waals surface area contributed by atoms with Gasteiger partial charge in [0.2, 0.25) is 11.8 Å². The Hall–Kier alpha value is -2.74. The van der Waals surface area contributed by atoms with Gasteiger partial charge in [-0.05, 0) is 12.1 Å². The van der Waals surface area contributed by atoms with Crippen LogP contribution in [0.5, 0.6) is 0 Å². The van der Waals surface area contributed by atoms with Crippen molar-refractivity contribution in [3.63, 3.8) is 0 Å². The average molecular weight is 288 g/mol. The number of hydrogen-bond acceptors (Lipinski definition) is 6. The van der Waals surface area contributed by atoms with Gasteiger partial charge in [-0.1, -0.05) is 12.2 Å². The summed E-state index contributed by atoms with van der Waals surface area (Å²) in [6.45, 7) is 0.457. The van der Waals surface area contributed by atoms with Gasteiger partial charge in [-0.25, -0.2) is 5.01 Å². The van der Waals surface area contributed by atoms with Gasteiger partial charge in [0, 0.05) is 24.4 Å². The first-order valence-corrected chi connectivity index (χ1v) is 6.35. The molecule has 0 saturated carbocycles. The van der Waals surface area contributed by atoms with Crippen LogP contribution in [0.1, 0.15) is 0 Å². The number of carbonyl (C=O) groups is 2.